The molecule has 0 bridgehead atoms. The highest BCUT2D eigenvalue weighted by Gasteiger charge is 2.29. The Kier molecular flexibility index (Phi) is 6.33. The van der Waals surface area contributed by atoms with E-state index in [9.17, 15) is 18.3 Å². The lowest BCUT2D eigenvalue weighted by molar-refractivity contribution is -0.121. The number of nitrogens with one attached hydrogen (secondary N) is 1. The third-order valence-electron chi connectivity index (χ3n) is 4.00. The van der Waals surface area contributed by atoms with Crippen LogP contribution in [0.2, 0.25) is 0 Å². The van der Waals surface area contributed by atoms with E-state index in [2.05, 4.69) is 10.5 Å². The van der Waals surface area contributed by atoms with Gasteiger partial charge in [-0.15, -0.1) is 0 Å². The largest absolute Gasteiger partial charge is 0.508 e. The number of hydrogen-bond donors (Lipinski definition) is 2. The van der Waals surface area contributed by atoms with Crippen LogP contribution in [0.15, 0.2) is 29.4 Å². The minimum absolute atomic E-state index is 0.111. The highest BCUT2D eigenvalue weighted by Crippen LogP contribution is 2.24. The predicted octanol–water partition coefficient (Wildman–Crippen LogP) is 1.44. The van der Waals surface area contributed by atoms with Crippen molar-refractivity contribution < 1.29 is 18.3 Å². The van der Waals surface area contributed by atoms with Crippen molar-refractivity contribution in [1.82, 2.24) is 9.73 Å². The van der Waals surface area contributed by atoms with E-state index in [-0.39, 0.29) is 18.3 Å². The van der Waals surface area contributed by atoms with Crippen molar-refractivity contribution in [3.63, 3.8) is 0 Å². The van der Waals surface area contributed by atoms with Gasteiger partial charge in [0.2, 0.25) is 10.0 Å². The van der Waals surface area contributed by atoms with Gasteiger partial charge in [0.25, 0.3) is 5.91 Å². The Bertz CT molecular complexity index is 680. The molecule has 1 saturated carbocycles. The highest BCUT2D eigenvalue weighted by atomic mass is 32.2. The van der Waals surface area contributed by atoms with Gasteiger partial charge in [-0.25, -0.2) is 13.8 Å². The first-order valence-corrected chi connectivity index (χ1v) is 9.79. The number of hydrazone groups is 1. The van der Waals surface area contributed by atoms with Gasteiger partial charge >= 0.3 is 0 Å². The molecule has 0 atom stereocenters. The maximum absolute atomic E-state index is 12.0. The molecule has 8 heteroatoms. The second kappa shape index (κ2) is 8.25. The van der Waals surface area contributed by atoms with E-state index < -0.39 is 15.9 Å². The van der Waals surface area contributed by atoms with Crippen molar-refractivity contribution >= 4 is 22.1 Å². The summed E-state index contributed by atoms with van der Waals surface area (Å²) in [5.74, 6) is -0.325. The van der Waals surface area contributed by atoms with Crippen LogP contribution in [0.25, 0.3) is 0 Å². The molecule has 7 nitrogen and oxygen atoms in total. The van der Waals surface area contributed by atoms with E-state index >= 15 is 0 Å². The predicted molar refractivity (Wildman–Crippen MR) is 92.3 cm³/mol. The van der Waals surface area contributed by atoms with Crippen LogP contribution in [-0.2, 0) is 14.8 Å². The number of phenolic OH excluding ortho intramolecular Hbond substituents is 1. The first-order valence-electron chi connectivity index (χ1n) is 7.94. The Morgan fingerprint density at radius 2 is 1.92 bits per heavy atom. The zero-order valence-corrected chi connectivity index (χ0v) is 14.5. The summed E-state index contributed by atoms with van der Waals surface area (Å²) in [7, 11) is -3.45. The van der Waals surface area contributed by atoms with Crippen LogP contribution in [0.1, 0.15) is 37.7 Å². The minimum atomic E-state index is -3.45. The van der Waals surface area contributed by atoms with Gasteiger partial charge in [-0.3, -0.25) is 4.79 Å². The van der Waals surface area contributed by atoms with Crippen molar-refractivity contribution in [3.8, 4) is 5.75 Å². The summed E-state index contributed by atoms with van der Waals surface area (Å²) in [6.45, 7) is -0.226. The average Bonchev–Trinajstić information content (AvgIpc) is 2.54. The molecule has 0 heterocycles. The molecule has 1 aromatic rings. The number of rotatable bonds is 6. The fourth-order valence-electron chi connectivity index (χ4n) is 2.80. The molecule has 0 aliphatic heterocycles. The Morgan fingerprint density at radius 3 is 2.50 bits per heavy atom. The molecule has 0 aromatic heterocycles. The zero-order chi connectivity index (χ0) is 17.6. The molecule has 1 amide bonds. The van der Waals surface area contributed by atoms with Gasteiger partial charge in [0.1, 0.15) is 5.75 Å². The zero-order valence-electron chi connectivity index (χ0n) is 13.7. The molecule has 1 aromatic carbocycles. The van der Waals surface area contributed by atoms with Crippen molar-refractivity contribution in [3.05, 3.63) is 29.8 Å². The van der Waals surface area contributed by atoms with Crippen LogP contribution in [0.5, 0.6) is 5.75 Å². The number of nitrogens with zero attached hydrogens (tertiary/aromatic N) is 2. The summed E-state index contributed by atoms with van der Waals surface area (Å²) in [6, 6.07) is 6.21. The van der Waals surface area contributed by atoms with Crippen molar-refractivity contribution in [2.24, 2.45) is 5.10 Å². The van der Waals surface area contributed by atoms with Gasteiger partial charge in [-0.2, -0.15) is 9.41 Å². The number of benzene rings is 1. The number of sulfonamides is 1. The fraction of sp³-hybridized carbons (Fsp3) is 0.500. The maximum Gasteiger partial charge on any atom is 0.255 e. The number of amides is 1. The van der Waals surface area contributed by atoms with Crippen molar-refractivity contribution in [1.29, 1.82) is 0 Å². The standard InChI is InChI=1S/C16H23N3O4S/c1-24(22,23)19(14-5-3-2-4-6-14)12-16(21)18-17-11-13-7-9-15(20)10-8-13/h7-11,14,20H,2-6,12H2,1H3,(H,18,21)/b17-11+. The molecule has 2 rings (SSSR count). The highest BCUT2D eigenvalue weighted by molar-refractivity contribution is 7.88. The summed E-state index contributed by atoms with van der Waals surface area (Å²) < 4.78 is 25.2. The number of aromatic hydroxyl groups is 1. The van der Waals surface area contributed by atoms with Crippen LogP contribution in [-0.4, -0.2) is 48.8 Å². The molecular formula is C16H23N3O4S. The number of carbonyl (C=O) groups excluding carboxylic acids is 1. The lowest BCUT2D eigenvalue weighted by atomic mass is 9.95. The second-order valence-corrected chi connectivity index (χ2v) is 7.92. The van der Waals surface area contributed by atoms with Gasteiger partial charge in [-0.05, 0) is 42.7 Å². The maximum atomic E-state index is 12.0. The molecule has 1 aliphatic rings. The van der Waals surface area contributed by atoms with Gasteiger partial charge in [0.05, 0.1) is 19.0 Å². The van der Waals surface area contributed by atoms with Crippen molar-refractivity contribution in [2.45, 2.75) is 38.1 Å². The number of carbonyl (C=O) groups is 1. The van der Waals surface area contributed by atoms with Crippen molar-refractivity contribution in [2.75, 3.05) is 12.8 Å². The summed E-state index contributed by atoms with van der Waals surface area (Å²) in [4.78, 5) is 12.0. The summed E-state index contributed by atoms with van der Waals surface area (Å²) in [5.41, 5.74) is 3.06. The van der Waals surface area contributed by atoms with Crippen LogP contribution >= 0.6 is 0 Å². The molecule has 0 radical (unpaired) electrons. The Hall–Kier alpha value is -1.93. The molecule has 132 valence electrons. The van der Waals surface area contributed by atoms with E-state index in [1.54, 1.807) is 12.1 Å². The molecule has 24 heavy (non-hydrogen) atoms. The Labute approximate surface area is 142 Å². The molecular weight excluding hydrogens is 330 g/mol. The molecule has 0 unspecified atom stereocenters. The first kappa shape index (κ1) is 18.4. The minimum Gasteiger partial charge on any atom is -0.508 e. The smallest absolute Gasteiger partial charge is 0.255 e. The lowest BCUT2D eigenvalue weighted by Crippen LogP contribution is -2.45. The van der Waals surface area contributed by atoms with E-state index in [0.29, 0.717) is 5.56 Å². The van der Waals surface area contributed by atoms with E-state index in [4.69, 9.17) is 0 Å². The first-order chi connectivity index (χ1) is 11.4. The molecule has 1 fully saturated rings. The van der Waals surface area contributed by atoms with E-state index in [0.717, 1.165) is 38.4 Å². The molecule has 0 saturated heterocycles. The third-order valence-corrected chi connectivity index (χ3v) is 5.28. The summed E-state index contributed by atoms with van der Waals surface area (Å²) >= 11 is 0. The molecule has 1 aliphatic carbocycles. The van der Waals surface area contributed by atoms with Gasteiger partial charge in [0.15, 0.2) is 0 Å². The van der Waals surface area contributed by atoms with Crippen LogP contribution in [0.4, 0.5) is 0 Å². The number of hydrogen-bond acceptors (Lipinski definition) is 5. The third kappa shape index (κ3) is 5.61. The summed E-state index contributed by atoms with van der Waals surface area (Å²) in [5, 5.41) is 13.0. The molecule has 0 spiro atoms. The quantitative estimate of drug-likeness (QED) is 0.597. The van der Waals surface area contributed by atoms with Crippen LogP contribution in [0.3, 0.4) is 0 Å². The Morgan fingerprint density at radius 1 is 1.29 bits per heavy atom. The van der Waals surface area contributed by atoms with Gasteiger partial charge in [0, 0.05) is 6.04 Å². The normalized spacial score (nSPS) is 16.6. The second-order valence-electron chi connectivity index (χ2n) is 5.98. The van der Waals surface area contributed by atoms with Gasteiger partial charge < -0.3 is 5.11 Å². The number of phenols is 1. The Balaban J connectivity index is 1.93. The van der Waals surface area contributed by atoms with E-state index in [1.807, 2.05) is 0 Å². The van der Waals surface area contributed by atoms with Gasteiger partial charge in [-0.1, -0.05) is 19.3 Å². The monoisotopic (exact) mass is 353 g/mol. The summed E-state index contributed by atoms with van der Waals surface area (Å²) in [6.07, 6.45) is 7.22. The average molecular weight is 353 g/mol. The fourth-order valence-corrected chi connectivity index (χ4v) is 3.91. The van der Waals surface area contributed by atoms with Crippen LogP contribution in [0, 0.1) is 0 Å². The van der Waals surface area contributed by atoms with E-state index in [1.165, 1.54) is 22.7 Å². The molecule has 2 N–H and O–H groups in total. The van der Waals surface area contributed by atoms with Crippen LogP contribution < -0.4 is 5.43 Å². The topological polar surface area (TPSA) is 99.1 Å². The lowest BCUT2D eigenvalue weighted by Gasteiger charge is -2.31. The SMILES string of the molecule is CS(=O)(=O)N(CC(=O)N/N=C/c1ccc(O)cc1)C1CCCCC1.